The van der Waals surface area contributed by atoms with E-state index in [1.165, 1.54) is 11.8 Å². The highest BCUT2D eigenvalue weighted by molar-refractivity contribution is 8.00. The second-order valence-corrected chi connectivity index (χ2v) is 6.32. The van der Waals surface area contributed by atoms with Gasteiger partial charge in [-0.05, 0) is 36.8 Å². The minimum Gasteiger partial charge on any atom is -0.348 e. The number of rotatable bonds is 4. The fraction of sp³-hybridized carbons (Fsp3) is 0.235. The molecule has 1 aliphatic rings. The van der Waals surface area contributed by atoms with Gasteiger partial charge >= 0.3 is 0 Å². The van der Waals surface area contributed by atoms with Crippen LogP contribution < -0.4 is 10.2 Å². The Morgan fingerprint density at radius 1 is 1.30 bits per heavy atom. The van der Waals surface area contributed by atoms with Crippen LogP contribution in [-0.4, -0.2) is 29.1 Å². The first kappa shape index (κ1) is 15.6. The molecule has 6 heteroatoms. The van der Waals surface area contributed by atoms with Gasteiger partial charge in [0.1, 0.15) is 6.54 Å². The second-order valence-electron chi connectivity index (χ2n) is 5.31. The third kappa shape index (κ3) is 3.53. The van der Waals surface area contributed by atoms with Crippen molar-refractivity contribution in [2.75, 3.05) is 17.2 Å². The third-order valence-corrected chi connectivity index (χ3v) is 4.74. The van der Waals surface area contributed by atoms with Gasteiger partial charge in [-0.1, -0.05) is 12.1 Å². The molecule has 118 valence electrons. The van der Waals surface area contributed by atoms with E-state index in [0.29, 0.717) is 5.75 Å². The number of carbonyl (C=O) groups is 2. The van der Waals surface area contributed by atoms with Crippen molar-refractivity contribution in [1.29, 1.82) is 0 Å². The molecule has 0 spiro atoms. The Labute approximate surface area is 139 Å². The van der Waals surface area contributed by atoms with Crippen LogP contribution in [0.15, 0.2) is 53.7 Å². The lowest BCUT2D eigenvalue weighted by atomic mass is 10.1. The van der Waals surface area contributed by atoms with Crippen LogP contribution in [0.2, 0.25) is 0 Å². The average Bonchev–Trinajstić information content (AvgIpc) is 2.58. The van der Waals surface area contributed by atoms with Crippen molar-refractivity contribution in [2.24, 2.45) is 0 Å². The van der Waals surface area contributed by atoms with E-state index in [1.807, 2.05) is 43.3 Å². The van der Waals surface area contributed by atoms with Crippen LogP contribution in [0.25, 0.3) is 0 Å². The zero-order valence-corrected chi connectivity index (χ0v) is 13.5. The summed E-state index contributed by atoms with van der Waals surface area (Å²) in [6.07, 6.45) is 3.39. The number of pyridine rings is 1. The Balaban J connectivity index is 1.69. The molecule has 1 aromatic heterocycles. The number of thioether (sulfide) groups is 1. The van der Waals surface area contributed by atoms with Crippen LogP contribution in [0.4, 0.5) is 5.69 Å². The van der Waals surface area contributed by atoms with Crippen LogP contribution >= 0.6 is 11.8 Å². The topological polar surface area (TPSA) is 62.3 Å². The van der Waals surface area contributed by atoms with Gasteiger partial charge < -0.3 is 10.2 Å². The molecule has 0 fully saturated rings. The highest BCUT2D eigenvalue weighted by Gasteiger charge is 2.26. The quantitative estimate of drug-likeness (QED) is 0.937. The summed E-state index contributed by atoms with van der Waals surface area (Å²) in [5, 5.41) is 2.93. The maximum Gasteiger partial charge on any atom is 0.240 e. The van der Waals surface area contributed by atoms with Crippen LogP contribution in [0.5, 0.6) is 0 Å². The van der Waals surface area contributed by atoms with E-state index in [-0.39, 0.29) is 24.4 Å². The van der Waals surface area contributed by atoms with Crippen molar-refractivity contribution >= 4 is 29.3 Å². The molecule has 0 saturated heterocycles. The summed E-state index contributed by atoms with van der Waals surface area (Å²) < 4.78 is 0. The number of hydrogen-bond acceptors (Lipinski definition) is 4. The summed E-state index contributed by atoms with van der Waals surface area (Å²) in [5.74, 6) is 0.147. The maximum absolute atomic E-state index is 12.3. The highest BCUT2D eigenvalue weighted by atomic mass is 32.2. The number of anilines is 1. The summed E-state index contributed by atoms with van der Waals surface area (Å²) in [6, 6.07) is 11.3. The lowest BCUT2D eigenvalue weighted by molar-refractivity contribution is -0.123. The first-order valence-electron chi connectivity index (χ1n) is 7.36. The van der Waals surface area contributed by atoms with E-state index < -0.39 is 0 Å². The predicted molar refractivity (Wildman–Crippen MR) is 90.3 cm³/mol. The monoisotopic (exact) mass is 327 g/mol. The molecule has 1 aromatic carbocycles. The minimum atomic E-state index is -0.177. The first-order valence-corrected chi connectivity index (χ1v) is 8.35. The molecular weight excluding hydrogens is 310 g/mol. The van der Waals surface area contributed by atoms with Gasteiger partial charge in [0.05, 0.1) is 17.5 Å². The number of amides is 2. The molecule has 0 aliphatic carbocycles. The number of fused-ring (bicyclic) bond motifs is 1. The summed E-state index contributed by atoms with van der Waals surface area (Å²) in [4.78, 5) is 31.0. The number of hydrogen-bond donors (Lipinski definition) is 1. The van der Waals surface area contributed by atoms with Crippen molar-refractivity contribution in [1.82, 2.24) is 10.3 Å². The lowest BCUT2D eigenvalue weighted by Gasteiger charge is -2.28. The number of benzene rings is 1. The van der Waals surface area contributed by atoms with Crippen molar-refractivity contribution in [3.63, 3.8) is 0 Å². The molecular formula is C17H17N3O2S. The summed E-state index contributed by atoms with van der Waals surface area (Å²) in [5.41, 5.74) is 1.79. The van der Waals surface area contributed by atoms with E-state index >= 15 is 0 Å². The smallest absolute Gasteiger partial charge is 0.240 e. The fourth-order valence-electron chi connectivity index (χ4n) is 2.49. The Hall–Kier alpha value is -2.34. The SMILES string of the molecule is C[C@@H](NC(=O)CN1C(=O)CSc2ccccc21)c1ccncc1. The fourth-order valence-corrected chi connectivity index (χ4v) is 3.43. The summed E-state index contributed by atoms with van der Waals surface area (Å²) in [7, 11) is 0. The Morgan fingerprint density at radius 2 is 2.04 bits per heavy atom. The van der Waals surface area contributed by atoms with Crippen LogP contribution in [0.1, 0.15) is 18.5 Å². The predicted octanol–water partition coefficient (Wildman–Crippen LogP) is 2.40. The molecule has 5 nitrogen and oxygen atoms in total. The molecule has 1 atom stereocenters. The molecule has 0 saturated carbocycles. The second kappa shape index (κ2) is 6.83. The number of nitrogens with one attached hydrogen (secondary N) is 1. The Morgan fingerprint density at radius 3 is 2.83 bits per heavy atom. The lowest BCUT2D eigenvalue weighted by Crippen LogP contribution is -2.43. The zero-order valence-electron chi connectivity index (χ0n) is 12.7. The Bertz CT molecular complexity index is 721. The first-order chi connectivity index (χ1) is 11.1. The molecule has 0 unspecified atom stereocenters. The highest BCUT2D eigenvalue weighted by Crippen LogP contribution is 2.34. The summed E-state index contributed by atoms with van der Waals surface area (Å²) in [6.45, 7) is 1.95. The molecule has 1 aliphatic heterocycles. The van der Waals surface area contributed by atoms with E-state index in [0.717, 1.165) is 16.1 Å². The Kier molecular flexibility index (Phi) is 4.62. The average molecular weight is 327 g/mol. The molecule has 1 N–H and O–H groups in total. The molecule has 3 rings (SSSR count). The molecule has 0 bridgehead atoms. The van der Waals surface area contributed by atoms with E-state index in [1.54, 1.807) is 17.3 Å². The minimum absolute atomic E-state index is 0.0336. The van der Waals surface area contributed by atoms with Crippen LogP contribution in [-0.2, 0) is 9.59 Å². The van der Waals surface area contributed by atoms with Gasteiger partial charge in [0.25, 0.3) is 0 Å². The van der Waals surface area contributed by atoms with E-state index in [2.05, 4.69) is 10.3 Å². The van der Waals surface area contributed by atoms with Gasteiger partial charge in [0.2, 0.25) is 11.8 Å². The van der Waals surface area contributed by atoms with Crippen molar-refractivity contribution < 1.29 is 9.59 Å². The summed E-state index contributed by atoms with van der Waals surface area (Å²) >= 11 is 1.51. The van der Waals surface area contributed by atoms with Crippen molar-refractivity contribution in [3.05, 3.63) is 54.4 Å². The molecule has 2 amide bonds. The number of carbonyl (C=O) groups excluding carboxylic acids is 2. The zero-order chi connectivity index (χ0) is 16.2. The maximum atomic E-state index is 12.3. The van der Waals surface area contributed by atoms with Gasteiger partial charge in [-0.15, -0.1) is 11.8 Å². The van der Waals surface area contributed by atoms with Crippen LogP contribution in [0.3, 0.4) is 0 Å². The third-order valence-electron chi connectivity index (χ3n) is 3.69. The van der Waals surface area contributed by atoms with E-state index in [9.17, 15) is 9.59 Å². The number of aromatic nitrogens is 1. The van der Waals surface area contributed by atoms with Crippen molar-refractivity contribution in [3.8, 4) is 0 Å². The standard InChI is InChI=1S/C17H17N3O2S/c1-12(13-6-8-18-9-7-13)19-16(21)10-20-14-4-2-3-5-15(14)23-11-17(20)22/h2-9,12H,10-11H2,1H3,(H,19,21)/t12-/m1/s1. The molecule has 23 heavy (non-hydrogen) atoms. The van der Waals surface area contributed by atoms with Crippen LogP contribution in [0, 0.1) is 0 Å². The van der Waals surface area contributed by atoms with E-state index in [4.69, 9.17) is 0 Å². The largest absolute Gasteiger partial charge is 0.348 e. The molecule has 2 aromatic rings. The number of para-hydroxylation sites is 1. The van der Waals surface area contributed by atoms with Gasteiger partial charge in [-0.25, -0.2) is 0 Å². The normalized spacial score (nSPS) is 15.0. The van der Waals surface area contributed by atoms with Gasteiger partial charge in [0, 0.05) is 17.3 Å². The van der Waals surface area contributed by atoms with Crippen molar-refractivity contribution in [2.45, 2.75) is 17.9 Å². The van der Waals surface area contributed by atoms with Gasteiger partial charge in [-0.2, -0.15) is 0 Å². The number of nitrogens with zero attached hydrogens (tertiary/aromatic N) is 2. The van der Waals surface area contributed by atoms with Gasteiger partial charge in [0.15, 0.2) is 0 Å². The molecule has 2 heterocycles. The molecule has 0 radical (unpaired) electrons. The van der Waals surface area contributed by atoms with Gasteiger partial charge in [-0.3, -0.25) is 14.6 Å².